The molecule has 0 amide bonds. The van der Waals surface area contributed by atoms with Crippen LogP contribution in [0.5, 0.6) is 0 Å². The van der Waals surface area contributed by atoms with Crippen LogP contribution in [0.2, 0.25) is 0 Å². The zero-order chi connectivity index (χ0) is 14.0. The van der Waals surface area contributed by atoms with Crippen LogP contribution < -0.4 is 16.6 Å². The van der Waals surface area contributed by atoms with E-state index < -0.39 is 0 Å². The highest BCUT2D eigenvalue weighted by molar-refractivity contribution is 5.43. The lowest BCUT2D eigenvalue weighted by Gasteiger charge is -2.11. The van der Waals surface area contributed by atoms with E-state index >= 15 is 0 Å². The van der Waals surface area contributed by atoms with E-state index in [1.165, 1.54) is 29.8 Å². The second-order valence-electron chi connectivity index (χ2n) is 4.24. The van der Waals surface area contributed by atoms with Crippen molar-refractivity contribution in [3.8, 4) is 0 Å². The highest BCUT2D eigenvalue weighted by Crippen LogP contribution is 2.09. The quantitative estimate of drug-likeness (QED) is 0.892. The van der Waals surface area contributed by atoms with Gasteiger partial charge in [0.05, 0.1) is 6.54 Å². The van der Waals surface area contributed by atoms with Gasteiger partial charge in [0.2, 0.25) is 0 Å². The van der Waals surface area contributed by atoms with E-state index in [0.29, 0.717) is 11.4 Å². The fourth-order valence-corrected chi connectivity index (χ4v) is 1.74. The van der Waals surface area contributed by atoms with Crippen molar-refractivity contribution in [1.82, 2.24) is 9.13 Å². The molecule has 0 saturated heterocycles. The zero-order valence-electron chi connectivity index (χ0n) is 10.7. The second-order valence-corrected chi connectivity index (χ2v) is 4.24. The Labute approximate surface area is 108 Å². The molecule has 0 atom stereocenters. The molecule has 19 heavy (non-hydrogen) atoms. The SMILES string of the molecule is Cn1c(CNc2cccc(F)c2)cc(=O)n(C)c1=O. The molecule has 1 heterocycles. The lowest BCUT2D eigenvalue weighted by Crippen LogP contribution is -2.38. The Kier molecular flexibility index (Phi) is 3.50. The van der Waals surface area contributed by atoms with E-state index in [4.69, 9.17) is 0 Å². The van der Waals surface area contributed by atoms with Crippen molar-refractivity contribution in [2.24, 2.45) is 14.1 Å². The number of nitrogens with one attached hydrogen (secondary N) is 1. The van der Waals surface area contributed by atoms with E-state index in [9.17, 15) is 14.0 Å². The van der Waals surface area contributed by atoms with E-state index in [2.05, 4.69) is 5.32 Å². The van der Waals surface area contributed by atoms with Gasteiger partial charge < -0.3 is 5.32 Å². The monoisotopic (exact) mass is 263 g/mol. The molecule has 0 saturated carbocycles. The first-order valence-corrected chi connectivity index (χ1v) is 5.74. The average Bonchev–Trinajstić information content (AvgIpc) is 2.39. The van der Waals surface area contributed by atoms with Gasteiger partial charge in [0.25, 0.3) is 5.56 Å². The molecule has 0 radical (unpaired) electrons. The molecular formula is C13H14FN3O2. The zero-order valence-corrected chi connectivity index (χ0v) is 10.7. The van der Waals surface area contributed by atoms with Gasteiger partial charge in [0.15, 0.2) is 0 Å². The van der Waals surface area contributed by atoms with Gasteiger partial charge in [0, 0.05) is 31.5 Å². The Morgan fingerprint density at radius 3 is 2.58 bits per heavy atom. The Morgan fingerprint density at radius 2 is 1.89 bits per heavy atom. The molecule has 1 aromatic carbocycles. The predicted molar refractivity (Wildman–Crippen MR) is 70.7 cm³/mol. The number of anilines is 1. The van der Waals surface area contributed by atoms with Crippen molar-refractivity contribution in [3.05, 3.63) is 62.7 Å². The molecule has 0 spiro atoms. The maximum absolute atomic E-state index is 13.0. The van der Waals surface area contributed by atoms with Gasteiger partial charge in [-0.15, -0.1) is 0 Å². The molecule has 0 aliphatic heterocycles. The van der Waals surface area contributed by atoms with Gasteiger partial charge in [-0.25, -0.2) is 9.18 Å². The normalized spacial score (nSPS) is 10.5. The molecule has 6 heteroatoms. The second kappa shape index (κ2) is 5.09. The average molecular weight is 263 g/mol. The fourth-order valence-electron chi connectivity index (χ4n) is 1.74. The predicted octanol–water partition coefficient (Wildman–Crippen LogP) is 0.835. The van der Waals surface area contributed by atoms with E-state index in [1.54, 1.807) is 19.2 Å². The molecule has 0 aliphatic carbocycles. The third kappa shape index (κ3) is 2.73. The summed E-state index contributed by atoms with van der Waals surface area (Å²) in [6.07, 6.45) is 0. The van der Waals surface area contributed by atoms with Crippen LogP contribution in [0.4, 0.5) is 10.1 Å². The summed E-state index contributed by atoms with van der Waals surface area (Å²) in [7, 11) is 3.01. The van der Waals surface area contributed by atoms with Crippen molar-refractivity contribution in [2.75, 3.05) is 5.32 Å². The van der Waals surface area contributed by atoms with Gasteiger partial charge >= 0.3 is 5.69 Å². The van der Waals surface area contributed by atoms with Gasteiger partial charge in [0.1, 0.15) is 5.82 Å². The Bertz CT molecular complexity index is 719. The molecule has 5 nitrogen and oxygen atoms in total. The summed E-state index contributed by atoms with van der Waals surface area (Å²) in [5.41, 5.74) is 0.383. The number of hydrogen-bond acceptors (Lipinski definition) is 3. The summed E-state index contributed by atoms with van der Waals surface area (Å²) >= 11 is 0. The van der Waals surface area contributed by atoms with Gasteiger partial charge in [-0.05, 0) is 18.2 Å². The Balaban J connectivity index is 2.26. The summed E-state index contributed by atoms with van der Waals surface area (Å²) in [6.45, 7) is 0.269. The lowest BCUT2D eigenvalue weighted by atomic mass is 10.3. The summed E-state index contributed by atoms with van der Waals surface area (Å²) < 4.78 is 15.4. The maximum Gasteiger partial charge on any atom is 0.330 e. The lowest BCUT2D eigenvalue weighted by molar-refractivity contribution is 0.628. The van der Waals surface area contributed by atoms with Crippen molar-refractivity contribution in [3.63, 3.8) is 0 Å². The number of halogens is 1. The van der Waals surface area contributed by atoms with Crippen LogP contribution in [0.15, 0.2) is 39.9 Å². The molecule has 0 fully saturated rings. The first-order valence-electron chi connectivity index (χ1n) is 5.74. The topological polar surface area (TPSA) is 56.0 Å². The molecule has 100 valence electrons. The standard InChI is InChI=1S/C13H14FN3O2/c1-16-11(7-12(18)17(2)13(16)19)8-15-10-5-3-4-9(14)6-10/h3-7,15H,8H2,1-2H3. The van der Waals surface area contributed by atoms with Crippen LogP contribution in [0, 0.1) is 5.82 Å². The largest absolute Gasteiger partial charge is 0.379 e. The number of nitrogens with zero attached hydrogens (tertiary/aromatic N) is 2. The van der Waals surface area contributed by atoms with Crippen LogP contribution in [-0.2, 0) is 20.6 Å². The molecule has 2 aromatic rings. The van der Waals surface area contributed by atoms with Gasteiger partial charge in [-0.2, -0.15) is 0 Å². The summed E-state index contributed by atoms with van der Waals surface area (Å²) in [6, 6.07) is 7.37. The summed E-state index contributed by atoms with van der Waals surface area (Å²) in [4.78, 5) is 23.3. The number of benzene rings is 1. The van der Waals surface area contributed by atoms with Crippen LogP contribution in [0.1, 0.15) is 5.69 Å². The Morgan fingerprint density at radius 1 is 1.16 bits per heavy atom. The van der Waals surface area contributed by atoms with E-state index in [-0.39, 0.29) is 23.6 Å². The molecule has 1 aromatic heterocycles. The van der Waals surface area contributed by atoms with Crippen molar-refractivity contribution in [1.29, 1.82) is 0 Å². The minimum Gasteiger partial charge on any atom is -0.379 e. The van der Waals surface area contributed by atoms with Gasteiger partial charge in [-0.3, -0.25) is 13.9 Å². The third-order valence-corrected chi connectivity index (χ3v) is 2.92. The Hall–Kier alpha value is -2.37. The fraction of sp³-hybridized carbons (Fsp3) is 0.231. The maximum atomic E-state index is 13.0. The highest BCUT2D eigenvalue weighted by atomic mass is 19.1. The van der Waals surface area contributed by atoms with Crippen LogP contribution in [0.25, 0.3) is 0 Å². The minimum atomic E-state index is -0.386. The number of hydrogen-bond donors (Lipinski definition) is 1. The van der Waals surface area contributed by atoms with Gasteiger partial charge in [-0.1, -0.05) is 6.07 Å². The molecule has 0 unspecified atom stereocenters. The number of aromatic nitrogens is 2. The summed E-state index contributed by atoms with van der Waals surface area (Å²) in [5.74, 6) is -0.345. The molecule has 0 aliphatic rings. The smallest absolute Gasteiger partial charge is 0.330 e. The first-order chi connectivity index (χ1) is 8.99. The van der Waals surface area contributed by atoms with Crippen LogP contribution in [0.3, 0.4) is 0 Å². The van der Waals surface area contributed by atoms with E-state index in [0.717, 1.165) is 4.57 Å². The van der Waals surface area contributed by atoms with Crippen molar-refractivity contribution < 1.29 is 4.39 Å². The van der Waals surface area contributed by atoms with Crippen molar-refractivity contribution in [2.45, 2.75) is 6.54 Å². The third-order valence-electron chi connectivity index (χ3n) is 2.92. The molecular weight excluding hydrogens is 249 g/mol. The van der Waals surface area contributed by atoms with E-state index in [1.807, 2.05) is 0 Å². The van der Waals surface area contributed by atoms with Crippen molar-refractivity contribution >= 4 is 5.69 Å². The highest BCUT2D eigenvalue weighted by Gasteiger charge is 2.05. The minimum absolute atomic E-state index is 0.269. The molecule has 1 N–H and O–H groups in total. The number of rotatable bonds is 3. The van der Waals surface area contributed by atoms with Crippen LogP contribution in [-0.4, -0.2) is 9.13 Å². The van der Waals surface area contributed by atoms with Crippen LogP contribution >= 0.6 is 0 Å². The first kappa shape index (κ1) is 13.1. The molecule has 2 rings (SSSR count). The molecule has 0 bridgehead atoms. The summed E-state index contributed by atoms with van der Waals surface area (Å²) in [5, 5.41) is 2.97.